The van der Waals surface area contributed by atoms with Crippen LogP contribution in [0.25, 0.3) is 0 Å². The van der Waals surface area contributed by atoms with Gasteiger partial charge in [-0.05, 0) is 37.6 Å². The van der Waals surface area contributed by atoms with Crippen molar-refractivity contribution in [3.63, 3.8) is 0 Å². The van der Waals surface area contributed by atoms with Crippen LogP contribution in [-0.2, 0) is 0 Å². The average Bonchev–Trinajstić information content (AvgIpc) is 2.55. The van der Waals surface area contributed by atoms with Crippen LogP contribution in [0.2, 0.25) is 0 Å². The van der Waals surface area contributed by atoms with Crippen LogP contribution in [0.4, 0.5) is 10.5 Å². The van der Waals surface area contributed by atoms with Crippen LogP contribution in [-0.4, -0.2) is 25.0 Å². The third-order valence-electron chi connectivity index (χ3n) is 3.36. The number of nitrogens with one attached hydrogen (secondary N) is 3. The predicted octanol–water partition coefficient (Wildman–Crippen LogP) is 2.85. The quantitative estimate of drug-likeness (QED) is 0.743. The summed E-state index contributed by atoms with van der Waals surface area (Å²) in [6.07, 6.45) is 0. The van der Waals surface area contributed by atoms with Gasteiger partial charge >= 0.3 is 6.03 Å². The van der Waals surface area contributed by atoms with E-state index in [9.17, 15) is 9.59 Å². The van der Waals surface area contributed by atoms with E-state index < -0.39 is 0 Å². The van der Waals surface area contributed by atoms with E-state index in [1.54, 1.807) is 12.1 Å². The zero-order valence-corrected chi connectivity index (χ0v) is 13.3. The van der Waals surface area contributed by atoms with E-state index in [2.05, 4.69) is 16.0 Å². The number of anilines is 1. The molecule has 23 heavy (non-hydrogen) atoms. The Hall–Kier alpha value is -2.82. The van der Waals surface area contributed by atoms with Crippen LogP contribution in [0.15, 0.2) is 48.5 Å². The van der Waals surface area contributed by atoms with Crippen LogP contribution in [0.5, 0.6) is 0 Å². The predicted molar refractivity (Wildman–Crippen MR) is 91.7 cm³/mol. The highest BCUT2D eigenvalue weighted by Gasteiger charge is 2.05. The minimum atomic E-state index is -0.286. The third kappa shape index (κ3) is 5.14. The molecule has 0 atom stereocenters. The first-order chi connectivity index (χ1) is 11.1. The monoisotopic (exact) mass is 311 g/mol. The third-order valence-corrected chi connectivity index (χ3v) is 3.36. The van der Waals surface area contributed by atoms with Crippen molar-refractivity contribution in [1.29, 1.82) is 0 Å². The van der Waals surface area contributed by atoms with Gasteiger partial charge in [-0.3, -0.25) is 4.79 Å². The first kappa shape index (κ1) is 16.5. The van der Waals surface area contributed by atoms with E-state index in [0.717, 1.165) is 16.8 Å². The van der Waals surface area contributed by atoms with Crippen molar-refractivity contribution < 1.29 is 9.59 Å². The molecule has 0 aliphatic heterocycles. The minimum absolute atomic E-state index is 0.151. The zero-order valence-electron chi connectivity index (χ0n) is 13.3. The van der Waals surface area contributed by atoms with Gasteiger partial charge in [-0.2, -0.15) is 0 Å². The number of carbonyl (C=O) groups is 2. The maximum atomic E-state index is 11.8. The molecule has 5 nitrogen and oxygen atoms in total. The lowest BCUT2D eigenvalue weighted by atomic mass is 10.1. The SMILES string of the molecule is Cc1ccc(NC(=O)NCCNC(=O)c2ccccc2)c(C)c1. The van der Waals surface area contributed by atoms with E-state index in [1.165, 1.54) is 0 Å². The molecule has 0 aliphatic rings. The molecule has 0 heterocycles. The first-order valence-corrected chi connectivity index (χ1v) is 7.51. The Balaban J connectivity index is 1.72. The highest BCUT2D eigenvalue weighted by Crippen LogP contribution is 2.15. The van der Waals surface area contributed by atoms with Gasteiger partial charge in [0.15, 0.2) is 0 Å². The summed E-state index contributed by atoms with van der Waals surface area (Å²) in [6, 6.07) is 14.5. The molecule has 5 heteroatoms. The van der Waals surface area contributed by atoms with Gasteiger partial charge in [0, 0.05) is 24.3 Å². The molecule has 0 bridgehead atoms. The fourth-order valence-electron chi connectivity index (χ4n) is 2.16. The zero-order chi connectivity index (χ0) is 16.7. The van der Waals surface area contributed by atoms with Gasteiger partial charge in [0.05, 0.1) is 0 Å². The van der Waals surface area contributed by atoms with E-state index >= 15 is 0 Å². The largest absolute Gasteiger partial charge is 0.350 e. The highest BCUT2D eigenvalue weighted by molar-refractivity contribution is 5.94. The van der Waals surface area contributed by atoms with Crippen LogP contribution < -0.4 is 16.0 Å². The summed E-state index contributed by atoms with van der Waals surface area (Å²) in [7, 11) is 0. The molecule has 120 valence electrons. The first-order valence-electron chi connectivity index (χ1n) is 7.51. The molecule has 0 saturated carbocycles. The number of hydrogen-bond donors (Lipinski definition) is 3. The second-order valence-electron chi connectivity index (χ2n) is 5.32. The minimum Gasteiger partial charge on any atom is -0.350 e. The van der Waals surface area contributed by atoms with E-state index in [0.29, 0.717) is 18.7 Å². The highest BCUT2D eigenvalue weighted by atomic mass is 16.2. The molecular weight excluding hydrogens is 290 g/mol. The van der Waals surface area contributed by atoms with Gasteiger partial charge < -0.3 is 16.0 Å². The number of aryl methyl sites for hydroxylation is 2. The van der Waals surface area contributed by atoms with Gasteiger partial charge in [-0.25, -0.2) is 4.79 Å². The molecule has 3 N–H and O–H groups in total. The summed E-state index contributed by atoms with van der Waals surface area (Å²) in [6.45, 7) is 4.68. The second-order valence-corrected chi connectivity index (χ2v) is 5.32. The lowest BCUT2D eigenvalue weighted by Gasteiger charge is -2.11. The molecule has 3 amide bonds. The Morgan fingerprint density at radius 2 is 1.61 bits per heavy atom. The molecule has 2 rings (SSSR count). The molecule has 0 unspecified atom stereocenters. The Bertz CT molecular complexity index is 684. The summed E-state index contributed by atoms with van der Waals surface area (Å²) >= 11 is 0. The van der Waals surface area contributed by atoms with Crippen molar-refractivity contribution >= 4 is 17.6 Å². The van der Waals surface area contributed by atoms with Crippen LogP contribution in [0, 0.1) is 13.8 Å². The number of urea groups is 1. The molecule has 0 radical (unpaired) electrons. The normalized spacial score (nSPS) is 10.0. The topological polar surface area (TPSA) is 70.2 Å². The van der Waals surface area contributed by atoms with Gasteiger partial charge in [0.2, 0.25) is 0 Å². The fourth-order valence-corrected chi connectivity index (χ4v) is 2.16. The van der Waals surface area contributed by atoms with Crippen LogP contribution in [0.1, 0.15) is 21.5 Å². The van der Waals surface area contributed by atoms with Crippen LogP contribution in [0.3, 0.4) is 0 Å². The van der Waals surface area contributed by atoms with Crippen molar-refractivity contribution in [3.8, 4) is 0 Å². The van der Waals surface area contributed by atoms with Gasteiger partial charge in [0.25, 0.3) is 5.91 Å². The number of hydrogen-bond acceptors (Lipinski definition) is 2. The fraction of sp³-hybridized carbons (Fsp3) is 0.222. The van der Waals surface area contributed by atoms with E-state index in [1.807, 2.05) is 50.2 Å². The van der Waals surface area contributed by atoms with Gasteiger partial charge in [-0.1, -0.05) is 35.9 Å². The maximum Gasteiger partial charge on any atom is 0.319 e. The second kappa shape index (κ2) is 7.98. The molecule has 0 aromatic heterocycles. The molecule has 0 aliphatic carbocycles. The molecule has 0 spiro atoms. The summed E-state index contributed by atoms with van der Waals surface area (Å²) in [5.74, 6) is -0.151. The summed E-state index contributed by atoms with van der Waals surface area (Å²) in [4.78, 5) is 23.6. The van der Waals surface area contributed by atoms with Gasteiger partial charge in [-0.15, -0.1) is 0 Å². The van der Waals surface area contributed by atoms with Crippen molar-refractivity contribution in [2.45, 2.75) is 13.8 Å². The number of rotatable bonds is 5. The van der Waals surface area contributed by atoms with Crippen LogP contribution >= 0.6 is 0 Å². The molecular formula is C18H21N3O2. The smallest absolute Gasteiger partial charge is 0.319 e. The summed E-state index contributed by atoms with van der Waals surface area (Å²) in [5, 5.41) is 8.27. The molecule has 0 fully saturated rings. The molecule has 0 saturated heterocycles. The van der Waals surface area contributed by atoms with E-state index in [-0.39, 0.29) is 11.9 Å². The van der Waals surface area contributed by atoms with Crippen molar-refractivity contribution in [2.24, 2.45) is 0 Å². The lowest BCUT2D eigenvalue weighted by molar-refractivity contribution is 0.0954. The average molecular weight is 311 g/mol. The summed E-state index contributed by atoms with van der Waals surface area (Å²) in [5.41, 5.74) is 3.54. The Morgan fingerprint density at radius 3 is 2.30 bits per heavy atom. The standard InChI is InChI=1S/C18H21N3O2/c1-13-8-9-16(14(2)12-13)21-18(23)20-11-10-19-17(22)15-6-4-3-5-7-15/h3-9,12H,10-11H2,1-2H3,(H,19,22)(H2,20,21,23). The Kier molecular flexibility index (Phi) is 5.74. The number of amides is 3. The molecule has 2 aromatic rings. The van der Waals surface area contributed by atoms with Crippen molar-refractivity contribution in [3.05, 3.63) is 65.2 Å². The van der Waals surface area contributed by atoms with Crippen molar-refractivity contribution in [2.75, 3.05) is 18.4 Å². The van der Waals surface area contributed by atoms with Crippen molar-refractivity contribution in [1.82, 2.24) is 10.6 Å². The lowest BCUT2D eigenvalue weighted by Crippen LogP contribution is -2.36. The Labute approximate surface area is 136 Å². The summed E-state index contributed by atoms with van der Waals surface area (Å²) < 4.78 is 0. The number of carbonyl (C=O) groups excluding carboxylic acids is 2. The van der Waals surface area contributed by atoms with E-state index in [4.69, 9.17) is 0 Å². The molecule has 2 aromatic carbocycles. The maximum absolute atomic E-state index is 11.8. The van der Waals surface area contributed by atoms with Gasteiger partial charge in [0.1, 0.15) is 0 Å². The Morgan fingerprint density at radius 1 is 0.913 bits per heavy atom. The number of benzene rings is 2.